The van der Waals surface area contributed by atoms with Crippen molar-refractivity contribution in [3.63, 3.8) is 0 Å². The molecule has 0 spiro atoms. The molecule has 0 aliphatic heterocycles. The van der Waals surface area contributed by atoms with E-state index in [0.29, 0.717) is 11.0 Å². The van der Waals surface area contributed by atoms with E-state index in [2.05, 4.69) is 25.2 Å². The van der Waals surface area contributed by atoms with Crippen LogP contribution in [-0.2, 0) is 9.53 Å². The van der Waals surface area contributed by atoms with Crippen LogP contribution in [0.4, 0.5) is 4.79 Å². The van der Waals surface area contributed by atoms with Gasteiger partial charge in [0.05, 0.1) is 17.2 Å². The van der Waals surface area contributed by atoms with E-state index in [0.717, 1.165) is 16.6 Å². The second kappa shape index (κ2) is 6.53. The first kappa shape index (κ1) is 14.5. The summed E-state index contributed by atoms with van der Waals surface area (Å²) in [6.45, 7) is 1.66. The largest absolute Gasteiger partial charge is 0.453 e. The Balaban J connectivity index is 1.96. The predicted molar refractivity (Wildman–Crippen MR) is 75.6 cm³/mol. The lowest BCUT2D eigenvalue weighted by Crippen LogP contribution is -2.35. The first-order valence-corrected chi connectivity index (χ1v) is 7.38. The number of amides is 2. The molecule has 2 rings (SSSR count). The van der Waals surface area contributed by atoms with E-state index in [4.69, 9.17) is 0 Å². The zero-order valence-electron chi connectivity index (χ0n) is 10.7. The minimum absolute atomic E-state index is 0.445. The third-order valence-electron chi connectivity index (χ3n) is 2.28. The van der Waals surface area contributed by atoms with Gasteiger partial charge >= 0.3 is 6.09 Å². The van der Waals surface area contributed by atoms with Gasteiger partial charge in [-0.3, -0.25) is 15.2 Å². The molecule has 106 valence electrons. The molecule has 1 atom stereocenters. The molecule has 0 bridgehead atoms. The molecule has 9 heteroatoms. The average Bonchev–Trinajstić information content (AvgIpc) is 3.08. The third kappa shape index (κ3) is 3.58. The Bertz CT molecular complexity index is 597. The van der Waals surface area contributed by atoms with E-state index in [9.17, 15) is 9.59 Å². The number of rotatable bonds is 4. The highest BCUT2D eigenvalue weighted by atomic mass is 32.2. The van der Waals surface area contributed by atoms with Crippen molar-refractivity contribution < 1.29 is 14.3 Å². The number of alkyl carbamates (subject to hydrolysis) is 1. The summed E-state index contributed by atoms with van der Waals surface area (Å²) in [5.41, 5.74) is 0. The average molecular weight is 312 g/mol. The number of aromatic nitrogens is 3. The van der Waals surface area contributed by atoms with Crippen molar-refractivity contribution in [2.75, 3.05) is 7.11 Å². The fourth-order valence-electron chi connectivity index (χ4n) is 1.29. The topological polar surface area (TPSA) is 97.0 Å². The number of nitrogens with zero attached hydrogens (tertiary/aromatic N) is 2. The van der Waals surface area contributed by atoms with Gasteiger partial charge in [-0.1, -0.05) is 17.8 Å². The Morgan fingerprint density at radius 2 is 2.35 bits per heavy atom. The van der Waals surface area contributed by atoms with Gasteiger partial charge in [0, 0.05) is 0 Å². The maximum absolute atomic E-state index is 11.7. The number of carbonyl (C=O) groups excluding carboxylic acids is 2. The molecular formula is C11H12N4O3S2. The van der Waals surface area contributed by atoms with Crippen LogP contribution in [0.5, 0.6) is 0 Å². The Morgan fingerprint density at radius 3 is 3.00 bits per heavy atom. The smallest absolute Gasteiger partial charge is 0.413 e. The van der Waals surface area contributed by atoms with Crippen molar-refractivity contribution in [1.29, 1.82) is 0 Å². The van der Waals surface area contributed by atoms with Crippen LogP contribution in [0.15, 0.2) is 22.7 Å². The molecule has 2 N–H and O–H groups in total. The zero-order chi connectivity index (χ0) is 14.5. The molecule has 0 fully saturated rings. The van der Waals surface area contributed by atoms with Gasteiger partial charge in [0.2, 0.25) is 11.1 Å². The number of H-pyrrole nitrogens is 1. The van der Waals surface area contributed by atoms with Gasteiger partial charge in [-0.2, -0.15) is 0 Å². The third-order valence-corrected chi connectivity index (χ3v) is 4.12. The van der Waals surface area contributed by atoms with Crippen LogP contribution < -0.4 is 5.32 Å². The Kier molecular flexibility index (Phi) is 4.74. The lowest BCUT2D eigenvalue weighted by atomic mass is 10.4. The van der Waals surface area contributed by atoms with Gasteiger partial charge in [-0.25, -0.2) is 9.78 Å². The maximum Gasteiger partial charge on any atom is 0.413 e. The molecular weight excluding hydrogens is 300 g/mol. The molecule has 0 aliphatic carbocycles. The molecule has 2 aromatic heterocycles. The number of hydrogen-bond donors (Lipinski definition) is 2. The van der Waals surface area contributed by atoms with Gasteiger partial charge in [0.25, 0.3) is 0 Å². The Hall–Kier alpha value is -1.87. The number of aromatic amines is 1. The molecule has 20 heavy (non-hydrogen) atoms. The molecule has 2 heterocycles. The lowest BCUT2D eigenvalue weighted by Gasteiger charge is -2.07. The Morgan fingerprint density at radius 1 is 1.55 bits per heavy atom. The summed E-state index contributed by atoms with van der Waals surface area (Å²) < 4.78 is 4.36. The quantitative estimate of drug-likeness (QED) is 0.837. The molecule has 0 aliphatic rings. The summed E-state index contributed by atoms with van der Waals surface area (Å²) in [4.78, 5) is 27.8. The standard InChI is InChI=1S/C11H12N4O3S2/c1-6(9(16)13-11(17)18-2)20-10-12-8(14-15-10)7-4-3-5-19-7/h3-6H,1-2H3,(H,12,14,15)(H,13,16,17)/t6-/m1/s1. The van der Waals surface area contributed by atoms with Crippen LogP contribution in [-0.4, -0.2) is 39.5 Å². The van der Waals surface area contributed by atoms with Crippen LogP contribution in [0.2, 0.25) is 0 Å². The van der Waals surface area contributed by atoms with Gasteiger partial charge in [-0.15, -0.1) is 16.4 Å². The SMILES string of the molecule is COC(=O)NC(=O)[C@@H](C)Sc1n[nH]c(-c2cccs2)n1. The van der Waals surface area contributed by atoms with Crippen LogP contribution in [0.25, 0.3) is 10.7 Å². The molecule has 0 unspecified atom stereocenters. The Labute approximate surface area is 123 Å². The van der Waals surface area contributed by atoms with Crippen LogP contribution in [0.1, 0.15) is 6.92 Å². The predicted octanol–water partition coefficient (Wildman–Crippen LogP) is 1.90. The lowest BCUT2D eigenvalue weighted by molar-refractivity contribution is -0.119. The van der Waals surface area contributed by atoms with E-state index < -0.39 is 17.3 Å². The summed E-state index contributed by atoms with van der Waals surface area (Å²) in [5.74, 6) is 0.201. The van der Waals surface area contributed by atoms with Crippen LogP contribution >= 0.6 is 23.1 Å². The van der Waals surface area contributed by atoms with Gasteiger partial charge < -0.3 is 4.74 Å². The second-order valence-corrected chi connectivity index (χ2v) is 5.94. The number of carbonyl (C=O) groups is 2. The van der Waals surface area contributed by atoms with E-state index in [1.165, 1.54) is 7.11 Å². The molecule has 7 nitrogen and oxygen atoms in total. The first-order valence-electron chi connectivity index (χ1n) is 5.62. The fraction of sp³-hybridized carbons (Fsp3) is 0.273. The number of imide groups is 1. The first-order chi connectivity index (χ1) is 9.60. The highest BCUT2D eigenvalue weighted by molar-refractivity contribution is 8.00. The zero-order valence-corrected chi connectivity index (χ0v) is 12.4. The molecule has 0 radical (unpaired) electrons. The highest BCUT2D eigenvalue weighted by Gasteiger charge is 2.19. The summed E-state index contributed by atoms with van der Waals surface area (Å²) in [7, 11) is 1.20. The second-order valence-electron chi connectivity index (χ2n) is 3.68. The normalized spacial score (nSPS) is 11.9. The molecule has 0 saturated carbocycles. The van der Waals surface area contributed by atoms with Gasteiger partial charge in [-0.05, 0) is 18.4 Å². The van der Waals surface area contributed by atoms with E-state index >= 15 is 0 Å². The molecule has 0 aromatic carbocycles. The summed E-state index contributed by atoms with van der Waals surface area (Å²) in [6, 6.07) is 3.84. The molecule has 2 aromatic rings. The summed E-state index contributed by atoms with van der Waals surface area (Å²) in [6.07, 6.45) is -0.781. The number of thioether (sulfide) groups is 1. The minimum Gasteiger partial charge on any atom is -0.453 e. The van der Waals surface area contributed by atoms with Crippen molar-refractivity contribution in [2.24, 2.45) is 0 Å². The van der Waals surface area contributed by atoms with E-state index in [1.807, 2.05) is 17.5 Å². The number of thiophene rings is 1. The van der Waals surface area contributed by atoms with Crippen molar-refractivity contribution >= 4 is 35.1 Å². The summed E-state index contributed by atoms with van der Waals surface area (Å²) in [5, 5.41) is 10.8. The maximum atomic E-state index is 11.7. The van der Waals surface area contributed by atoms with Crippen LogP contribution in [0.3, 0.4) is 0 Å². The van der Waals surface area contributed by atoms with Crippen molar-refractivity contribution in [1.82, 2.24) is 20.5 Å². The number of methoxy groups -OCH3 is 1. The van der Waals surface area contributed by atoms with E-state index in [1.54, 1.807) is 18.3 Å². The van der Waals surface area contributed by atoms with Crippen molar-refractivity contribution in [3.8, 4) is 10.7 Å². The summed E-state index contributed by atoms with van der Waals surface area (Å²) >= 11 is 2.70. The van der Waals surface area contributed by atoms with Crippen molar-refractivity contribution in [3.05, 3.63) is 17.5 Å². The number of nitrogens with one attached hydrogen (secondary N) is 2. The number of hydrogen-bond acceptors (Lipinski definition) is 7. The fourth-order valence-corrected chi connectivity index (χ4v) is 2.68. The van der Waals surface area contributed by atoms with E-state index in [-0.39, 0.29) is 0 Å². The van der Waals surface area contributed by atoms with Gasteiger partial charge in [0.1, 0.15) is 0 Å². The number of ether oxygens (including phenoxy) is 1. The monoisotopic (exact) mass is 312 g/mol. The van der Waals surface area contributed by atoms with Gasteiger partial charge in [0.15, 0.2) is 5.82 Å². The molecule has 2 amide bonds. The van der Waals surface area contributed by atoms with Crippen LogP contribution in [0, 0.1) is 0 Å². The molecule has 0 saturated heterocycles. The minimum atomic E-state index is -0.781. The van der Waals surface area contributed by atoms with Crippen molar-refractivity contribution in [2.45, 2.75) is 17.3 Å². The highest BCUT2D eigenvalue weighted by Crippen LogP contribution is 2.25.